The molecule has 1 saturated heterocycles. The van der Waals surface area contributed by atoms with Crippen LogP contribution in [0.5, 0.6) is 0 Å². The van der Waals surface area contributed by atoms with Crippen molar-refractivity contribution in [1.82, 2.24) is 10.2 Å². The molecule has 0 aliphatic carbocycles. The van der Waals surface area contributed by atoms with Gasteiger partial charge in [0.25, 0.3) is 0 Å². The minimum atomic E-state index is 1.17. The molecule has 1 N–H and O–H groups in total. The largest absolute Gasteiger partial charge is 0.315 e. The summed E-state index contributed by atoms with van der Waals surface area (Å²) in [6.07, 6.45) is 9.95. The van der Waals surface area contributed by atoms with Crippen molar-refractivity contribution in [3.63, 3.8) is 0 Å². The molecule has 1 rings (SSSR count). The lowest BCUT2D eigenvalue weighted by Crippen LogP contribution is -2.30. The Morgan fingerprint density at radius 2 is 1.87 bits per heavy atom. The Hall–Kier alpha value is -0.340. The Balaban J connectivity index is 1.74. The number of allylic oxidation sites excluding steroid dienone is 1. The van der Waals surface area contributed by atoms with Crippen LogP contribution in [0.15, 0.2) is 12.7 Å². The quantitative estimate of drug-likeness (QED) is 0.464. The average molecular weight is 210 g/mol. The smallest absolute Gasteiger partial charge is 0.0107 e. The summed E-state index contributed by atoms with van der Waals surface area (Å²) in [5, 5.41) is 3.52. The third-order valence-electron chi connectivity index (χ3n) is 3.07. The van der Waals surface area contributed by atoms with E-state index in [9.17, 15) is 0 Å². The van der Waals surface area contributed by atoms with E-state index in [0.29, 0.717) is 0 Å². The minimum absolute atomic E-state index is 1.17. The maximum atomic E-state index is 3.73. The number of unbranched alkanes of at least 4 members (excludes halogenated alkanes) is 3. The van der Waals surface area contributed by atoms with Gasteiger partial charge in [-0.25, -0.2) is 0 Å². The van der Waals surface area contributed by atoms with E-state index >= 15 is 0 Å². The first-order chi connectivity index (χ1) is 7.43. The number of nitrogens with one attached hydrogen (secondary N) is 1. The van der Waals surface area contributed by atoms with Gasteiger partial charge in [0, 0.05) is 13.1 Å². The first-order valence-electron chi connectivity index (χ1n) is 6.47. The van der Waals surface area contributed by atoms with Crippen LogP contribution in [0.3, 0.4) is 0 Å². The summed E-state index contributed by atoms with van der Waals surface area (Å²) in [7, 11) is 0. The van der Waals surface area contributed by atoms with E-state index in [0.717, 1.165) is 0 Å². The van der Waals surface area contributed by atoms with Gasteiger partial charge in [0.05, 0.1) is 0 Å². The third kappa shape index (κ3) is 6.69. The molecule has 0 saturated carbocycles. The second-order valence-electron chi connectivity index (χ2n) is 4.44. The zero-order chi connectivity index (χ0) is 10.8. The van der Waals surface area contributed by atoms with Crippen molar-refractivity contribution < 1.29 is 0 Å². The number of rotatable bonds is 9. The summed E-state index contributed by atoms with van der Waals surface area (Å²) in [4.78, 5) is 2.56. The Bertz CT molecular complexity index is 151. The molecular weight excluding hydrogens is 184 g/mol. The fourth-order valence-electron chi connectivity index (χ4n) is 2.08. The van der Waals surface area contributed by atoms with Gasteiger partial charge in [-0.15, -0.1) is 6.58 Å². The monoisotopic (exact) mass is 210 g/mol. The molecule has 0 unspecified atom stereocenters. The molecule has 0 aromatic carbocycles. The Morgan fingerprint density at radius 3 is 2.60 bits per heavy atom. The van der Waals surface area contributed by atoms with Gasteiger partial charge in [-0.05, 0) is 51.7 Å². The molecule has 2 heteroatoms. The van der Waals surface area contributed by atoms with Gasteiger partial charge >= 0.3 is 0 Å². The number of hydrogen-bond donors (Lipinski definition) is 1. The van der Waals surface area contributed by atoms with Crippen LogP contribution in [0, 0.1) is 0 Å². The highest BCUT2D eigenvalue weighted by molar-refractivity contribution is 4.67. The van der Waals surface area contributed by atoms with Crippen LogP contribution in [0.1, 0.15) is 38.5 Å². The third-order valence-corrected chi connectivity index (χ3v) is 3.07. The van der Waals surface area contributed by atoms with E-state index in [-0.39, 0.29) is 0 Å². The van der Waals surface area contributed by atoms with Crippen LogP contribution in [-0.2, 0) is 0 Å². The summed E-state index contributed by atoms with van der Waals surface area (Å²) < 4.78 is 0. The van der Waals surface area contributed by atoms with E-state index in [4.69, 9.17) is 0 Å². The maximum absolute atomic E-state index is 3.73. The SMILES string of the molecule is C=CCCCCCNCCN1CCCC1. The normalized spacial score (nSPS) is 17.1. The Morgan fingerprint density at radius 1 is 1.07 bits per heavy atom. The number of hydrogen-bond acceptors (Lipinski definition) is 2. The van der Waals surface area contributed by atoms with Crippen LogP contribution in [-0.4, -0.2) is 37.6 Å². The second-order valence-corrected chi connectivity index (χ2v) is 4.44. The van der Waals surface area contributed by atoms with E-state index in [1.807, 2.05) is 6.08 Å². The van der Waals surface area contributed by atoms with Gasteiger partial charge in [-0.2, -0.15) is 0 Å². The van der Waals surface area contributed by atoms with Crippen LogP contribution < -0.4 is 5.32 Å². The first kappa shape index (κ1) is 12.7. The topological polar surface area (TPSA) is 15.3 Å². The summed E-state index contributed by atoms with van der Waals surface area (Å²) in [5.41, 5.74) is 0. The van der Waals surface area contributed by atoms with Crippen LogP contribution >= 0.6 is 0 Å². The van der Waals surface area contributed by atoms with E-state index in [1.54, 1.807) is 0 Å². The van der Waals surface area contributed by atoms with Crippen LogP contribution in [0.25, 0.3) is 0 Å². The van der Waals surface area contributed by atoms with Crippen LogP contribution in [0.4, 0.5) is 0 Å². The molecule has 0 aromatic heterocycles. The zero-order valence-electron chi connectivity index (χ0n) is 10.0. The minimum Gasteiger partial charge on any atom is -0.315 e. The summed E-state index contributed by atoms with van der Waals surface area (Å²) >= 11 is 0. The lowest BCUT2D eigenvalue weighted by atomic mass is 10.2. The second kappa shape index (κ2) is 8.93. The predicted molar refractivity (Wildman–Crippen MR) is 67.2 cm³/mol. The molecule has 15 heavy (non-hydrogen) atoms. The van der Waals surface area contributed by atoms with E-state index in [2.05, 4.69) is 16.8 Å². The molecule has 0 atom stereocenters. The summed E-state index contributed by atoms with van der Waals surface area (Å²) in [6, 6.07) is 0. The van der Waals surface area contributed by atoms with Gasteiger partial charge in [-0.1, -0.05) is 12.5 Å². The fraction of sp³-hybridized carbons (Fsp3) is 0.846. The van der Waals surface area contributed by atoms with Gasteiger partial charge in [-0.3, -0.25) is 0 Å². The molecule has 1 aliphatic rings. The van der Waals surface area contributed by atoms with Crippen molar-refractivity contribution in [3.8, 4) is 0 Å². The van der Waals surface area contributed by atoms with Crippen molar-refractivity contribution in [1.29, 1.82) is 0 Å². The molecule has 1 heterocycles. The van der Waals surface area contributed by atoms with Gasteiger partial charge in [0.2, 0.25) is 0 Å². The molecule has 2 nitrogen and oxygen atoms in total. The van der Waals surface area contributed by atoms with Gasteiger partial charge < -0.3 is 10.2 Å². The highest BCUT2D eigenvalue weighted by atomic mass is 15.1. The lowest BCUT2D eigenvalue weighted by molar-refractivity contribution is 0.335. The van der Waals surface area contributed by atoms with Crippen molar-refractivity contribution >= 4 is 0 Å². The first-order valence-corrected chi connectivity index (χ1v) is 6.47. The molecule has 1 fully saturated rings. The van der Waals surface area contributed by atoms with Crippen molar-refractivity contribution in [2.75, 3.05) is 32.7 Å². The molecule has 1 aliphatic heterocycles. The van der Waals surface area contributed by atoms with Crippen molar-refractivity contribution in [2.45, 2.75) is 38.5 Å². The molecule has 0 radical (unpaired) electrons. The average Bonchev–Trinajstić information content (AvgIpc) is 2.75. The molecule has 0 aromatic rings. The highest BCUT2D eigenvalue weighted by Crippen LogP contribution is 2.05. The Labute approximate surface area is 94.7 Å². The van der Waals surface area contributed by atoms with Crippen molar-refractivity contribution in [3.05, 3.63) is 12.7 Å². The zero-order valence-corrected chi connectivity index (χ0v) is 10.0. The molecule has 0 spiro atoms. The fourth-order valence-corrected chi connectivity index (χ4v) is 2.08. The van der Waals surface area contributed by atoms with Crippen LogP contribution in [0.2, 0.25) is 0 Å². The molecular formula is C13H26N2. The standard InChI is InChI=1S/C13H26N2/c1-2-3-4-5-6-9-14-10-13-15-11-7-8-12-15/h2,14H,1,3-13H2. The van der Waals surface area contributed by atoms with Gasteiger partial charge in [0.15, 0.2) is 0 Å². The molecule has 0 amide bonds. The van der Waals surface area contributed by atoms with Crippen molar-refractivity contribution in [2.24, 2.45) is 0 Å². The number of likely N-dealkylation sites (tertiary alicyclic amines) is 1. The lowest BCUT2D eigenvalue weighted by Gasteiger charge is -2.14. The summed E-state index contributed by atoms with van der Waals surface area (Å²) in [5.74, 6) is 0. The summed E-state index contributed by atoms with van der Waals surface area (Å²) in [6.45, 7) is 9.97. The number of nitrogens with zero attached hydrogens (tertiary/aromatic N) is 1. The molecule has 88 valence electrons. The van der Waals surface area contributed by atoms with E-state index in [1.165, 1.54) is 71.2 Å². The maximum Gasteiger partial charge on any atom is 0.0107 e. The Kier molecular flexibility index (Phi) is 7.58. The van der Waals surface area contributed by atoms with Gasteiger partial charge in [0.1, 0.15) is 0 Å². The molecule has 0 bridgehead atoms. The highest BCUT2D eigenvalue weighted by Gasteiger charge is 2.09. The van der Waals surface area contributed by atoms with E-state index < -0.39 is 0 Å². The predicted octanol–water partition coefficient (Wildman–Crippen LogP) is 2.42.